The van der Waals surface area contributed by atoms with Crippen LogP contribution in [0.15, 0.2) is 30.3 Å². The third-order valence-electron chi connectivity index (χ3n) is 3.38. The summed E-state index contributed by atoms with van der Waals surface area (Å²) in [6, 6.07) is 9.75. The number of thiazole rings is 1. The average Bonchev–Trinajstić information content (AvgIpc) is 2.87. The van der Waals surface area contributed by atoms with E-state index in [4.69, 9.17) is 4.74 Å². The van der Waals surface area contributed by atoms with Gasteiger partial charge in [0, 0.05) is 13.0 Å². The van der Waals surface area contributed by atoms with Crippen molar-refractivity contribution in [3.05, 3.63) is 51.5 Å². The molecule has 0 radical (unpaired) electrons. The Morgan fingerprint density at radius 1 is 1.28 bits per heavy atom. The second-order valence-corrected chi connectivity index (χ2v) is 6.76. The maximum atomic E-state index is 12.2. The van der Waals surface area contributed by atoms with E-state index < -0.39 is 18.7 Å². The van der Waals surface area contributed by atoms with Gasteiger partial charge in [0.05, 0.1) is 17.2 Å². The van der Waals surface area contributed by atoms with E-state index in [0.29, 0.717) is 17.0 Å². The predicted molar refractivity (Wildman–Crippen MR) is 89.9 cm³/mol. The van der Waals surface area contributed by atoms with Crippen LogP contribution in [-0.2, 0) is 11.2 Å². The van der Waals surface area contributed by atoms with E-state index in [1.807, 2.05) is 30.3 Å². The standard InChI is InChI=1S/C17H19F3N2O2S/c1-12-15(16(23)24-9-8-22(2)11-17(18,19)20)25-14(21-12)10-13-6-4-3-5-7-13/h3-7H,8-11H2,1-2H3. The van der Waals surface area contributed by atoms with Crippen molar-refractivity contribution in [2.24, 2.45) is 0 Å². The number of alkyl halides is 3. The van der Waals surface area contributed by atoms with E-state index in [9.17, 15) is 18.0 Å². The minimum Gasteiger partial charge on any atom is -0.460 e. The first-order chi connectivity index (χ1) is 11.7. The summed E-state index contributed by atoms with van der Waals surface area (Å²) in [6.45, 7) is 0.597. The van der Waals surface area contributed by atoms with Crippen LogP contribution in [0, 0.1) is 6.92 Å². The van der Waals surface area contributed by atoms with Gasteiger partial charge in [0.2, 0.25) is 0 Å². The van der Waals surface area contributed by atoms with E-state index in [1.54, 1.807) is 6.92 Å². The molecule has 0 amide bonds. The maximum absolute atomic E-state index is 12.2. The van der Waals surface area contributed by atoms with Crippen molar-refractivity contribution in [2.75, 3.05) is 26.7 Å². The molecule has 2 aromatic rings. The van der Waals surface area contributed by atoms with E-state index in [-0.39, 0.29) is 13.2 Å². The summed E-state index contributed by atoms with van der Waals surface area (Å²) >= 11 is 1.25. The second kappa shape index (κ2) is 8.44. The van der Waals surface area contributed by atoms with Crippen molar-refractivity contribution >= 4 is 17.3 Å². The van der Waals surface area contributed by atoms with Crippen molar-refractivity contribution < 1.29 is 22.7 Å². The largest absolute Gasteiger partial charge is 0.460 e. The van der Waals surface area contributed by atoms with Gasteiger partial charge in [-0.1, -0.05) is 30.3 Å². The first-order valence-corrected chi connectivity index (χ1v) is 8.49. The maximum Gasteiger partial charge on any atom is 0.401 e. The Morgan fingerprint density at radius 3 is 2.60 bits per heavy atom. The Kier molecular flexibility index (Phi) is 6.55. The molecule has 0 aliphatic carbocycles. The summed E-state index contributed by atoms with van der Waals surface area (Å²) in [4.78, 5) is 17.9. The molecule has 0 saturated heterocycles. The number of rotatable bonds is 7. The number of nitrogens with zero attached hydrogens (tertiary/aromatic N) is 2. The van der Waals surface area contributed by atoms with E-state index in [1.165, 1.54) is 18.4 Å². The fraction of sp³-hybridized carbons (Fsp3) is 0.412. The fourth-order valence-electron chi connectivity index (χ4n) is 2.23. The van der Waals surface area contributed by atoms with Crippen LogP contribution in [0.1, 0.15) is 25.9 Å². The molecule has 0 spiro atoms. The summed E-state index contributed by atoms with van der Waals surface area (Å²) in [5, 5.41) is 0.796. The summed E-state index contributed by atoms with van der Waals surface area (Å²) in [5.74, 6) is -0.547. The Morgan fingerprint density at radius 2 is 1.96 bits per heavy atom. The molecule has 136 valence electrons. The number of hydrogen-bond acceptors (Lipinski definition) is 5. The zero-order valence-corrected chi connectivity index (χ0v) is 14.8. The van der Waals surface area contributed by atoms with Crippen LogP contribution in [-0.4, -0.2) is 48.8 Å². The third-order valence-corrected chi connectivity index (χ3v) is 4.52. The molecule has 0 N–H and O–H groups in total. The molecule has 0 aliphatic heterocycles. The summed E-state index contributed by atoms with van der Waals surface area (Å²) < 4.78 is 41.8. The summed E-state index contributed by atoms with van der Waals surface area (Å²) in [5.41, 5.74) is 1.66. The Hall–Kier alpha value is -1.93. The van der Waals surface area contributed by atoms with Gasteiger partial charge in [-0.2, -0.15) is 13.2 Å². The number of carbonyl (C=O) groups is 1. The average molecular weight is 372 g/mol. The molecule has 1 aromatic carbocycles. The van der Waals surface area contributed by atoms with E-state index >= 15 is 0 Å². The number of carbonyl (C=O) groups excluding carboxylic acids is 1. The van der Waals surface area contributed by atoms with Gasteiger partial charge in [0.1, 0.15) is 11.5 Å². The molecule has 8 heteroatoms. The van der Waals surface area contributed by atoms with Crippen molar-refractivity contribution in [2.45, 2.75) is 19.5 Å². The lowest BCUT2D eigenvalue weighted by Crippen LogP contribution is -2.33. The molecular weight excluding hydrogens is 353 g/mol. The molecular formula is C17H19F3N2O2S. The van der Waals surface area contributed by atoms with Crippen molar-refractivity contribution in [3.8, 4) is 0 Å². The SMILES string of the molecule is Cc1nc(Cc2ccccc2)sc1C(=O)OCCN(C)CC(F)(F)F. The first kappa shape index (κ1) is 19.4. The lowest BCUT2D eigenvalue weighted by Gasteiger charge is -2.17. The van der Waals surface area contributed by atoms with Gasteiger partial charge in [-0.15, -0.1) is 11.3 Å². The highest BCUT2D eigenvalue weighted by Gasteiger charge is 2.29. The predicted octanol–water partition coefficient (Wildman–Crippen LogP) is 3.69. The van der Waals surface area contributed by atoms with E-state index in [0.717, 1.165) is 15.5 Å². The number of ether oxygens (including phenoxy) is 1. The third kappa shape index (κ3) is 6.47. The number of hydrogen-bond donors (Lipinski definition) is 0. The van der Waals surface area contributed by atoms with Crippen LogP contribution >= 0.6 is 11.3 Å². The van der Waals surface area contributed by atoms with Crippen LogP contribution in [0.3, 0.4) is 0 Å². The molecule has 0 unspecified atom stereocenters. The van der Waals surface area contributed by atoms with Gasteiger partial charge in [0.25, 0.3) is 0 Å². The summed E-state index contributed by atoms with van der Waals surface area (Å²) in [6.07, 6.45) is -3.65. The molecule has 0 fully saturated rings. The van der Waals surface area contributed by atoms with Crippen molar-refractivity contribution in [1.82, 2.24) is 9.88 Å². The Bertz CT molecular complexity index is 702. The van der Waals surface area contributed by atoms with Gasteiger partial charge < -0.3 is 4.74 Å². The molecule has 1 aromatic heterocycles. The lowest BCUT2D eigenvalue weighted by atomic mass is 10.2. The smallest absolute Gasteiger partial charge is 0.401 e. The highest BCUT2D eigenvalue weighted by atomic mass is 32.1. The minimum atomic E-state index is -4.26. The first-order valence-electron chi connectivity index (χ1n) is 7.67. The highest BCUT2D eigenvalue weighted by Crippen LogP contribution is 2.22. The molecule has 25 heavy (non-hydrogen) atoms. The molecule has 1 heterocycles. The topological polar surface area (TPSA) is 42.4 Å². The number of aryl methyl sites for hydroxylation is 1. The lowest BCUT2D eigenvalue weighted by molar-refractivity contribution is -0.143. The van der Waals surface area contributed by atoms with Crippen LogP contribution in [0.25, 0.3) is 0 Å². The van der Waals surface area contributed by atoms with Crippen LogP contribution in [0.4, 0.5) is 13.2 Å². The molecule has 0 atom stereocenters. The van der Waals surface area contributed by atoms with Crippen LogP contribution in [0.5, 0.6) is 0 Å². The van der Waals surface area contributed by atoms with Gasteiger partial charge >= 0.3 is 12.1 Å². The zero-order valence-electron chi connectivity index (χ0n) is 14.0. The Labute approximate surface area is 148 Å². The molecule has 0 aliphatic rings. The number of halogens is 3. The van der Waals surface area contributed by atoms with Gasteiger partial charge in [-0.3, -0.25) is 4.90 Å². The molecule has 2 rings (SSSR count). The molecule has 0 saturated carbocycles. The fourth-order valence-corrected chi connectivity index (χ4v) is 3.23. The minimum absolute atomic E-state index is 0.0139. The Balaban J connectivity index is 1.87. The van der Waals surface area contributed by atoms with Crippen LogP contribution < -0.4 is 0 Å². The van der Waals surface area contributed by atoms with Gasteiger partial charge in [-0.05, 0) is 19.5 Å². The van der Waals surface area contributed by atoms with Crippen molar-refractivity contribution in [1.29, 1.82) is 0 Å². The normalized spacial score (nSPS) is 11.8. The number of aromatic nitrogens is 1. The monoisotopic (exact) mass is 372 g/mol. The van der Waals surface area contributed by atoms with Gasteiger partial charge in [0.15, 0.2) is 0 Å². The van der Waals surface area contributed by atoms with Crippen LogP contribution in [0.2, 0.25) is 0 Å². The quantitative estimate of drug-likeness (QED) is 0.695. The zero-order chi connectivity index (χ0) is 18.4. The number of likely N-dealkylation sites (N-methyl/N-ethyl adjacent to an activating group) is 1. The summed E-state index contributed by atoms with van der Waals surface area (Å²) in [7, 11) is 1.33. The molecule has 4 nitrogen and oxygen atoms in total. The van der Waals surface area contributed by atoms with Gasteiger partial charge in [-0.25, -0.2) is 9.78 Å². The second-order valence-electron chi connectivity index (χ2n) is 5.67. The number of esters is 1. The van der Waals surface area contributed by atoms with E-state index in [2.05, 4.69) is 4.98 Å². The molecule has 0 bridgehead atoms. The number of benzene rings is 1. The highest BCUT2D eigenvalue weighted by molar-refractivity contribution is 7.13. The van der Waals surface area contributed by atoms with Crippen molar-refractivity contribution in [3.63, 3.8) is 0 Å².